The molecule has 1 nitrogen and oxygen atoms in total. The minimum Gasteiger partial charge on any atom is -0.313 e. The standard InChI is InChI=1S/C11H25NS/c1-6-11(12-7-2)8-13-10(5)9(3)4/h9-12H,6-8H2,1-5H3. The average molecular weight is 203 g/mol. The molecule has 0 rings (SSSR count). The SMILES string of the molecule is CCNC(CC)CSC(C)C(C)C. The summed E-state index contributed by atoms with van der Waals surface area (Å²) in [4.78, 5) is 0. The van der Waals surface area contributed by atoms with Crippen LogP contribution in [0.1, 0.15) is 41.0 Å². The first-order valence-electron chi connectivity index (χ1n) is 5.46. The Morgan fingerprint density at radius 3 is 2.15 bits per heavy atom. The van der Waals surface area contributed by atoms with E-state index in [2.05, 4.69) is 51.7 Å². The molecular formula is C11H25NS. The van der Waals surface area contributed by atoms with Crippen LogP contribution in [0.2, 0.25) is 0 Å². The maximum atomic E-state index is 3.51. The van der Waals surface area contributed by atoms with Crippen molar-refractivity contribution in [2.24, 2.45) is 5.92 Å². The lowest BCUT2D eigenvalue weighted by Crippen LogP contribution is -2.31. The Labute approximate surface area is 88.1 Å². The molecule has 2 atom stereocenters. The third kappa shape index (κ3) is 6.39. The van der Waals surface area contributed by atoms with Crippen LogP contribution in [-0.4, -0.2) is 23.6 Å². The molecule has 2 heteroatoms. The first kappa shape index (κ1) is 13.3. The summed E-state index contributed by atoms with van der Waals surface area (Å²) in [6.45, 7) is 12.5. The van der Waals surface area contributed by atoms with E-state index >= 15 is 0 Å². The van der Waals surface area contributed by atoms with E-state index in [-0.39, 0.29) is 0 Å². The number of rotatable bonds is 7. The highest BCUT2D eigenvalue weighted by molar-refractivity contribution is 7.99. The van der Waals surface area contributed by atoms with E-state index in [4.69, 9.17) is 0 Å². The van der Waals surface area contributed by atoms with Gasteiger partial charge in [0.15, 0.2) is 0 Å². The zero-order chi connectivity index (χ0) is 10.3. The molecule has 0 radical (unpaired) electrons. The van der Waals surface area contributed by atoms with Crippen LogP contribution in [-0.2, 0) is 0 Å². The van der Waals surface area contributed by atoms with Crippen molar-refractivity contribution < 1.29 is 0 Å². The quantitative estimate of drug-likeness (QED) is 0.682. The predicted octanol–water partition coefficient (Wildman–Crippen LogP) is 3.15. The number of hydrogen-bond donors (Lipinski definition) is 1. The maximum Gasteiger partial charge on any atom is 0.0155 e. The zero-order valence-corrected chi connectivity index (χ0v) is 10.6. The van der Waals surface area contributed by atoms with Crippen molar-refractivity contribution in [2.45, 2.75) is 52.3 Å². The minimum atomic E-state index is 0.705. The van der Waals surface area contributed by atoms with Gasteiger partial charge in [0, 0.05) is 17.0 Å². The Kier molecular flexibility index (Phi) is 7.87. The van der Waals surface area contributed by atoms with E-state index in [1.165, 1.54) is 12.2 Å². The summed E-state index contributed by atoms with van der Waals surface area (Å²) in [5, 5.41) is 4.29. The van der Waals surface area contributed by atoms with Crippen molar-refractivity contribution in [3.05, 3.63) is 0 Å². The maximum absolute atomic E-state index is 3.51. The van der Waals surface area contributed by atoms with E-state index < -0.39 is 0 Å². The summed E-state index contributed by atoms with van der Waals surface area (Å²) in [6, 6.07) is 0.705. The third-order valence-corrected chi connectivity index (χ3v) is 4.15. The molecule has 0 aliphatic carbocycles. The van der Waals surface area contributed by atoms with Gasteiger partial charge >= 0.3 is 0 Å². The first-order chi connectivity index (χ1) is 6.11. The molecule has 0 aromatic rings. The second-order valence-electron chi connectivity index (χ2n) is 3.95. The van der Waals surface area contributed by atoms with E-state index in [0.717, 1.165) is 17.7 Å². The monoisotopic (exact) mass is 203 g/mol. The minimum absolute atomic E-state index is 0.705. The van der Waals surface area contributed by atoms with Gasteiger partial charge in [-0.05, 0) is 18.9 Å². The highest BCUT2D eigenvalue weighted by Gasteiger charge is 2.10. The number of nitrogens with one attached hydrogen (secondary N) is 1. The van der Waals surface area contributed by atoms with E-state index in [1.54, 1.807) is 0 Å². The Balaban J connectivity index is 3.58. The Morgan fingerprint density at radius 1 is 1.15 bits per heavy atom. The summed E-state index contributed by atoms with van der Waals surface area (Å²) in [5.74, 6) is 2.05. The van der Waals surface area contributed by atoms with Gasteiger partial charge in [0.2, 0.25) is 0 Å². The first-order valence-corrected chi connectivity index (χ1v) is 6.51. The van der Waals surface area contributed by atoms with E-state index in [9.17, 15) is 0 Å². The molecule has 0 aliphatic rings. The molecule has 0 bridgehead atoms. The molecule has 13 heavy (non-hydrogen) atoms. The van der Waals surface area contributed by atoms with Crippen LogP contribution in [0.4, 0.5) is 0 Å². The van der Waals surface area contributed by atoms with Crippen molar-refractivity contribution in [1.29, 1.82) is 0 Å². The molecule has 0 aromatic heterocycles. The Hall–Kier alpha value is 0.310. The molecule has 0 spiro atoms. The molecule has 0 saturated heterocycles. The molecular weight excluding hydrogens is 178 g/mol. The number of thioether (sulfide) groups is 1. The van der Waals surface area contributed by atoms with Crippen molar-refractivity contribution >= 4 is 11.8 Å². The van der Waals surface area contributed by atoms with E-state index in [1.807, 2.05) is 0 Å². The molecule has 0 aliphatic heterocycles. The molecule has 0 aromatic carbocycles. The number of hydrogen-bond acceptors (Lipinski definition) is 2. The van der Waals surface area contributed by atoms with Crippen LogP contribution in [0.5, 0.6) is 0 Å². The average Bonchev–Trinajstić information content (AvgIpc) is 2.11. The summed E-state index contributed by atoms with van der Waals surface area (Å²) < 4.78 is 0. The normalized spacial score (nSPS) is 16.2. The summed E-state index contributed by atoms with van der Waals surface area (Å²) in [5.41, 5.74) is 0. The highest BCUT2D eigenvalue weighted by Crippen LogP contribution is 2.19. The zero-order valence-electron chi connectivity index (χ0n) is 9.76. The second-order valence-corrected chi connectivity index (χ2v) is 5.36. The van der Waals surface area contributed by atoms with Crippen LogP contribution in [0.25, 0.3) is 0 Å². The predicted molar refractivity (Wildman–Crippen MR) is 64.5 cm³/mol. The highest BCUT2D eigenvalue weighted by atomic mass is 32.2. The van der Waals surface area contributed by atoms with Crippen LogP contribution in [0.3, 0.4) is 0 Å². The van der Waals surface area contributed by atoms with Crippen molar-refractivity contribution in [3.63, 3.8) is 0 Å². The fourth-order valence-electron chi connectivity index (χ4n) is 1.07. The molecule has 80 valence electrons. The largest absolute Gasteiger partial charge is 0.313 e. The fourth-order valence-corrected chi connectivity index (χ4v) is 2.34. The Bertz CT molecular complexity index is 115. The third-order valence-electron chi connectivity index (χ3n) is 2.48. The van der Waals surface area contributed by atoms with Gasteiger partial charge in [-0.2, -0.15) is 11.8 Å². The van der Waals surface area contributed by atoms with Gasteiger partial charge in [-0.3, -0.25) is 0 Å². The van der Waals surface area contributed by atoms with Gasteiger partial charge in [0.25, 0.3) is 0 Å². The molecule has 0 saturated carbocycles. The van der Waals surface area contributed by atoms with Crippen LogP contribution in [0.15, 0.2) is 0 Å². The van der Waals surface area contributed by atoms with Crippen molar-refractivity contribution in [2.75, 3.05) is 12.3 Å². The molecule has 2 unspecified atom stereocenters. The van der Waals surface area contributed by atoms with Gasteiger partial charge in [-0.25, -0.2) is 0 Å². The van der Waals surface area contributed by atoms with Gasteiger partial charge < -0.3 is 5.32 Å². The second kappa shape index (κ2) is 7.69. The smallest absolute Gasteiger partial charge is 0.0155 e. The van der Waals surface area contributed by atoms with Gasteiger partial charge in [0.05, 0.1) is 0 Å². The van der Waals surface area contributed by atoms with Crippen molar-refractivity contribution in [1.82, 2.24) is 5.32 Å². The van der Waals surface area contributed by atoms with Gasteiger partial charge in [-0.1, -0.05) is 34.6 Å². The summed E-state index contributed by atoms with van der Waals surface area (Å²) >= 11 is 2.09. The molecule has 0 fully saturated rings. The van der Waals surface area contributed by atoms with Crippen molar-refractivity contribution in [3.8, 4) is 0 Å². The summed E-state index contributed by atoms with van der Waals surface area (Å²) in [6.07, 6.45) is 1.24. The van der Waals surface area contributed by atoms with Gasteiger partial charge in [-0.15, -0.1) is 0 Å². The lowest BCUT2D eigenvalue weighted by atomic mass is 10.2. The molecule has 0 heterocycles. The molecule has 0 amide bonds. The molecule has 1 N–H and O–H groups in total. The Morgan fingerprint density at radius 2 is 1.77 bits per heavy atom. The van der Waals surface area contributed by atoms with Crippen LogP contribution < -0.4 is 5.32 Å². The van der Waals surface area contributed by atoms with Crippen LogP contribution >= 0.6 is 11.8 Å². The summed E-state index contributed by atoms with van der Waals surface area (Å²) in [7, 11) is 0. The fraction of sp³-hybridized carbons (Fsp3) is 1.00. The topological polar surface area (TPSA) is 12.0 Å². The van der Waals surface area contributed by atoms with E-state index in [0.29, 0.717) is 6.04 Å². The van der Waals surface area contributed by atoms with Gasteiger partial charge in [0.1, 0.15) is 0 Å². The van der Waals surface area contributed by atoms with Crippen LogP contribution in [0, 0.1) is 5.92 Å². The lowest BCUT2D eigenvalue weighted by Gasteiger charge is -2.20. The lowest BCUT2D eigenvalue weighted by molar-refractivity contribution is 0.557.